The van der Waals surface area contributed by atoms with Crippen LogP contribution in [0.5, 0.6) is 5.75 Å². The number of hydrogen-bond acceptors (Lipinski definition) is 4. The van der Waals surface area contributed by atoms with Crippen LogP contribution in [0.1, 0.15) is 5.56 Å². The lowest BCUT2D eigenvalue weighted by atomic mass is 10.2. The fraction of sp³-hybridized carbons (Fsp3) is 0. The van der Waals surface area contributed by atoms with Crippen molar-refractivity contribution in [1.82, 2.24) is 0 Å². The van der Waals surface area contributed by atoms with Crippen LogP contribution < -0.4 is 0 Å². The van der Waals surface area contributed by atoms with Crippen molar-refractivity contribution in [3.8, 4) is 5.75 Å². The van der Waals surface area contributed by atoms with Crippen LogP contribution in [-0.4, -0.2) is 11.3 Å². The topological polar surface area (TPSA) is 57.3 Å². The van der Waals surface area contributed by atoms with Gasteiger partial charge in [-0.05, 0) is 17.4 Å². The van der Waals surface area contributed by atoms with Gasteiger partial charge >= 0.3 is 0 Å². The van der Waals surface area contributed by atoms with E-state index in [0.717, 1.165) is 0 Å². The fourth-order valence-electron chi connectivity index (χ4n) is 1.02. The van der Waals surface area contributed by atoms with Crippen molar-refractivity contribution >= 4 is 12.3 Å². The molecule has 0 saturated heterocycles. The molecule has 0 bridgehead atoms. The molecule has 1 N–H and O–H groups in total. The van der Waals surface area contributed by atoms with Gasteiger partial charge in [0.1, 0.15) is 11.4 Å². The zero-order chi connectivity index (χ0) is 9.10. The second-order valence-electron chi connectivity index (χ2n) is 2.56. The van der Waals surface area contributed by atoms with Crippen LogP contribution in [-0.2, 0) is 0 Å². The highest BCUT2D eigenvalue weighted by molar-refractivity contribution is 5.86. The van der Waals surface area contributed by atoms with E-state index >= 15 is 0 Å². The molecule has 0 fully saturated rings. The summed E-state index contributed by atoms with van der Waals surface area (Å²) in [5.41, 5.74) is 1.35. The molecule has 1 aliphatic rings. The molecule has 0 aliphatic carbocycles. The van der Waals surface area contributed by atoms with E-state index in [2.05, 4.69) is 15.4 Å². The van der Waals surface area contributed by atoms with Gasteiger partial charge in [-0.15, -0.1) is 10.2 Å². The van der Waals surface area contributed by atoms with Gasteiger partial charge in [0, 0.05) is 5.56 Å². The lowest BCUT2D eigenvalue weighted by Gasteiger charge is -1.96. The third kappa shape index (κ3) is 1.61. The van der Waals surface area contributed by atoms with Crippen LogP contribution in [0.4, 0.5) is 0 Å². The molecule has 4 nitrogen and oxygen atoms in total. The van der Waals surface area contributed by atoms with Gasteiger partial charge in [-0.2, -0.15) is 0 Å². The molecule has 1 aromatic rings. The average molecular weight is 173 g/mol. The van der Waals surface area contributed by atoms with Crippen molar-refractivity contribution in [3.05, 3.63) is 35.5 Å². The van der Waals surface area contributed by atoms with E-state index in [0.29, 0.717) is 11.3 Å². The highest BCUT2D eigenvalue weighted by Crippen LogP contribution is 2.19. The van der Waals surface area contributed by atoms with Gasteiger partial charge < -0.3 is 5.11 Å². The molecule has 2 rings (SSSR count). The summed E-state index contributed by atoms with van der Waals surface area (Å²) in [4.78, 5) is 0. The van der Waals surface area contributed by atoms with Crippen molar-refractivity contribution in [2.24, 2.45) is 15.4 Å². The monoisotopic (exact) mass is 173 g/mol. The minimum atomic E-state index is 0.227. The summed E-state index contributed by atoms with van der Waals surface area (Å²) in [6.45, 7) is 0. The Labute approximate surface area is 74.9 Å². The molecule has 0 unspecified atom stereocenters. The van der Waals surface area contributed by atoms with Crippen LogP contribution in [0.2, 0.25) is 0 Å². The summed E-state index contributed by atoms with van der Waals surface area (Å²) in [6, 6.07) is 7.02. The Hall–Kier alpha value is -1.97. The van der Waals surface area contributed by atoms with Crippen molar-refractivity contribution in [2.75, 3.05) is 0 Å². The lowest BCUT2D eigenvalue weighted by Crippen LogP contribution is -1.77. The van der Waals surface area contributed by atoms with E-state index in [-0.39, 0.29) is 5.75 Å². The Morgan fingerprint density at radius 3 is 2.77 bits per heavy atom. The maximum Gasteiger partial charge on any atom is 0.122 e. The maximum atomic E-state index is 9.41. The highest BCUT2D eigenvalue weighted by Gasteiger charge is 2.00. The predicted molar refractivity (Wildman–Crippen MR) is 49.4 cm³/mol. The van der Waals surface area contributed by atoms with Crippen LogP contribution in [0.15, 0.2) is 45.4 Å². The quantitative estimate of drug-likeness (QED) is 0.695. The molecule has 0 spiro atoms. The second-order valence-corrected chi connectivity index (χ2v) is 2.56. The first kappa shape index (κ1) is 7.67. The van der Waals surface area contributed by atoms with Crippen LogP contribution in [0.25, 0.3) is 6.08 Å². The molecule has 4 heteroatoms. The van der Waals surface area contributed by atoms with E-state index < -0.39 is 0 Å². The first-order valence-electron chi connectivity index (χ1n) is 3.80. The van der Waals surface area contributed by atoms with Crippen LogP contribution in [0, 0.1) is 0 Å². The summed E-state index contributed by atoms with van der Waals surface area (Å²) < 4.78 is 0. The summed E-state index contributed by atoms with van der Waals surface area (Å²) >= 11 is 0. The molecule has 0 radical (unpaired) electrons. The number of allylic oxidation sites excluding steroid dienone is 1. The molecular weight excluding hydrogens is 166 g/mol. The number of nitrogens with zero attached hydrogens (tertiary/aromatic N) is 3. The zero-order valence-electron chi connectivity index (χ0n) is 6.75. The molecule has 1 heterocycles. The van der Waals surface area contributed by atoms with Gasteiger partial charge in [0.2, 0.25) is 0 Å². The summed E-state index contributed by atoms with van der Waals surface area (Å²) in [5, 5.41) is 20.1. The standard InChI is InChI=1S/C9H7N3O/c13-9-4-2-1-3-7(9)5-8-6-10-12-11-8/h1-6,13H. The molecule has 0 amide bonds. The molecule has 64 valence electrons. The van der Waals surface area contributed by atoms with E-state index in [1.165, 1.54) is 6.21 Å². The molecule has 0 atom stereocenters. The minimum absolute atomic E-state index is 0.227. The summed E-state index contributed by atoms with van der Waals surface area (Å²) in [7, 11) is 0. The number of benzene rings is 1. The largest absolute Gasteiger partial charge is 0.507 e. The van der Waals surface area contributed by atoms with E-state index in [1.807, 2.05) is 6.07 Å². The smallest absolute Gasteiger partial charge is 0.122 e. The van der Waals surface area contributed by atoms with Crippen LogP contribution in [0.3, 0.4) is 0 Å². The Balaban J connectivity index is 2.37. The van der Waals surface area contributed by atoms with Crippen molar-refractivity contribution < 1.29 is 5.11 Å². The van der Waals surface area contributed by atoms with E-state index in [9.17, 15) is 5.11 Å². The number of rotatable bonds is 1. The summed E-state index contributed by atoms with van der Waals surface area (Å²) in [5.74, 6) is 0.227. The Morgan fingerprint density at radius 2 is 2.08 bits per heavy atom. The molecule has 1 aromatic carbocycles. The zero-order valence-corrected chi connectivity index (χ0v) is 6.75. The Kier molecular flexibility index (Phi) is 1.88. The van der Waals surface area contributed by atoms with E-state index in [4.69, 9.17) is 0 Å². The third-order valence-electron chi connectivity index (χ3n) is 1.64. The predicted octanol–water partition coefficient (Wildman–Crippen LogP) is 2.18. The first-order valence-corrected chi connectivity index (χ1v) is 3.80. The normalized spacial score (nSPS) is 17.1. The molecule has 0 saturated carbocycles. The van der Waals surface area contributed by atoms with Gasteiger partial charge in [0.05, 0.1) is 6.21 Å². The Morgan fingerprint density at radius 1 is 1.23 bits per heavy atom. The lowest BCUT2D eigenvalue weighted by molar-refractivity contribution is 0.474. The minimum Gasteiger partial charge on any atom is -0.507 e. The average Bonchev–Trinajstić information content (AvgIpc) is 2.61. The van der Waals surface area contributed by atoms with Gasteiger partial charge in [-0.3, -0.25) is 0 Å². The highest BCUT2D eigenvalue weighted by atomic mass is 16.3. The SMILES string of the molecule is Oc1ccccc1C=C1C=NN=N1. The molecule has 0 aromatic heterocycles. The van der Waals surface area contributed by atoms with E-state index in [1.54, 1.807) is 24.3 Å². The third-order valence-corrected chi connectivity index (χ3v) is 1.64. The molecule has 13 heavy (non-hydrogen) atoms. The molecular formula is C9H7N3O. The van der Waals surface area contributed by atoms with Crippen molar-refractivity contribution in [3.63, 3.8) is 0 Å². The van der Waals surface area contributed by atoms with Crippen molar-refractivity contribution in [2.45, 2.75) is 0 Å². The number of phenols is 1. The molecule has 1 aliphatic heterocycles. The fourth-order valence-corrected chi connectivity index (χ4v) is 1.02. The van der Waals surface area contributed by atoms with Gasteiger partial charge in [0.15, 0.2) is 0 Å². The Bertz CT molecular complexity index is 393. The van der Waals surface area contributed by atoms with Crippen LogP contribution >= 0.6 is 0 Å². The number of aromatic hydroxyl groups is 1. The van der Waals surface area contributed by atoms with Gasteiger partial charge in [-0.25, -0.2) is 0 Å². The summed E-state index contributed by atoms with van der Waals surface area (Å²) in [6.07, 6.45) is 3.25. The van der Waals surface area contributed by atoms with Gasteiger partial charge in [0.25, 0.3) is 0 Å². The van der Waals surface area contributed by atoms with Crippen molar-refractivity contribution in [1.29, 1.82) is 0 Å². The number of phenolic OH excluding ortho intramolecular Hbond substituents is 1. The maximum absolute atomic E-state index is 9.41. The number of para-hydroxylation sites is 1. The number of hydrogen-bond donors (Lipinski definition) is 1. The second kappa shape index (κ2) is 3.18. The van der Waals surface area contributed by atoms with Gasteiger partial charge in [-0.1, -0.05) is 18.2 Å². The first-order chi connectivity index (χ1) is 6.36.